The quantitative estimate of drug-likeness (QED) is 0.181. The van der Waals surface area contributed by atoms with Crippen molar-refractivity contribution < 1.29 is 19.5 Å². The molecule has 0 aromatic rings. The molecule has 0 aromatic carbocycles. The van der Waals surface area contributed by atoms with Gasteiger partial charge in [0.25, 0.3) is 0 Å². The second kappa shape index (κ2) is 5.36. The van der Waals surface area contributed by atoms with Gasteiger partial charge in [-0.3, -0.25) is 9.79 Å². The molecule has 1 unspecified atom stereocenters. The second-order valence-electron chi connectivity index (χ2n) is 1.62. The summed E-state index contributed by atoms with van der Waals surface area (Å²) in [6, 6.07) is -3.44. The molecule has 70 valence electrons. The van der Waals surface area contributed by atoms with Crippen LogP contribution in [0.5, 0.6) is 0 Å². The predicted molar refractivity (Wildman–Crippen MR) is 45.5 cm³/mol. The zero-order chi connectivity index (χ0) is 15.9. The minimum atomic E-state index is -3.63. The summed E-state index contributed by atoms with van der Waals surface area (Å²) in [6.45, 7) is -3.32. The van der Waals surface area contributed by atoms with Crippen LogP contribution in [-0.4, -0.2) is 29.6 Å². The van der Waals surface area contributed by atoms with E-state index >= 15 is 0 Å². The Balaban J connectivity index is 5.91. The van der Waals surface area contributed by atoms with Crippen LogP contribution in [-0.2, 0) is 4.79 Å². The van der Waals surface area contributed by atoms with E-state index in [9.17, 15) is 4.79 Å². The number of nitrogens with two attached hydrogens (primary N) is 3. The molecule has 12 heavy (non-hydrogen) atoms. The molecule has 0 saturated heterocycles. The van der Waals surface area contributed by atoms with Gasteiger partial charge < -0.3 is 22.3 Å². The Labute approximate surface area is 80.3 Å². The van der Waals surface area contributed by atoms with E-state index in [1.54, 1.807) is 0 Å². The Bertz CT molecular complexity index is 404. The number of carboxylic acid groups (broad SMARTS) is 1. The second-order valence-corrected chi connectivity index (χ2v) is 1.62. The fraction of sp³-hybridized carbons (Fsp3) is 0.667. The Hall–Kier alpha value is -1.30. The van der Waals surface area contributed by atoms with Gasteiger partial charge in [-0.1, -0.05) is 0 Å². The van der Waals surface area contributed by atoms with Crippen molar-refractivity contribution in [3.05, 3.63) is 0 Å². The van der Waals surface area contributed by atoms with Gasteiger partial charge in [-0.2, -0.15) is 0 Å². The number of aliphatic carboxylic acids is 1. The summed E-state index contributed by atoms with van der Waals surface area (Å²) >= 11 is 0. The maximum Gasteiger partial charge on any atom is 0.320 e. The van der Waals surface area contributed by atoms with Gasteiger partial charge in [0.2, 0.25) is 0 Å². The molecule has 0 saturated carbocycles. The summed E-state index contributed by atoms with van der Waals surface area (Å²) in [7, 11) is 0. The highest BCUT2D eigenvalue weighted by Crippen LogP contribution is 1.94. The molecule has 6 nitrogen and oxygen atoms in total. The van der Waals surface area contributed by atoms with Gasteiger partial charge >= 0.3 is 5.97 Å². The van der Waals surface area contributed by atoms with E-state index in [1.165, 1.54) is 0 Å². The van der Waals surface area contributed by atoms with E-state index in [2.05, 4.69) is 4.99 Å². The van der Waals surface area contributed by atoms with E-state index in [-0.39, 0.29) is 0 Å². The number of aliphatic imine (C=N–C) groups is 1. The van der Waals surface area contributed by atoms with Gasteiger partial charge in [-0.15, -0.1) is 0 Å². The van der Waals surface area contributed by atoms with Gasteiger partial charge in [-0.05, 0) is 12.7 Å². The minimum Gasteiger partial charge on any atom is -0.480 e. The molecule has 0 fully saturated rings. The lowest BCUT2D eigenvalue weighted by molar-refractivity contribution is -0.138. The fourth-order valence-electron chi connectivity index (χ4n) is 0.241. The van der Waals surface area contributed by atoms with E-state index in [1.807, 2.05) is 0 Å². The van der Waals surface area contributed by atoms with Gasteiger partial charge in [0.05, 0.1) is 4.11 Å². The molecular weight excluding hydrogens is 170 g/mol. The molecule has 6 heteroatoms. The lowest BCUT2D eigenvalue weighted by Gasteiger charge is -2.03. The lowest BCUT2D eigenvalue weighted by Crippen LogP contribution is -2.30. The molecule has 0 aromatic heterocycles. The SMILES string of the molecule is [2H][13C]([2H])([15N]=[13C]([15NH2])[15NH2])[13C]([2H])([2H])[13C]([2H])([2H])[13C]([2H])([15NH2])[13C](=O)O. The van der Waals surface area contributed by atoms with Crippen LogP contribution in [0.3, 0.4) is 0 Å². The summed E-state index contributed by atoms with van der Waals surface area (Å²) in [6.07, 6.45) is -7.22. The van der Waals surface area contributed by atoms with Crippen LogP contribution in [0.2, 0.25) is 0 Å². The van der Waals surface area contributed by atoms with Crippen LogP contribution in [0.1, 0.15) is 22.3 Å². The third-order valence-electron chi connectivity index (χ3n) is 0.668. The van der Waals surface area contributed by atoms with Gasteiger partial charge in [0.1, 0.15) is 6.02 Å². The van der Waals surface area contributed by atoms with Crippen molar-refractivity contribution in [1.82, 2.24) is 0 Å². The Morgan fingerprint density at radius 3 is 2.75 bits per heavy atom. The first kappa shape index (κ1) is 3.61. The van der Waals surface area contributed by atoms with Gasteiger partial charge in [0.15, 0.2) is 5.96 Å². The van der Waals surface area contributed by atoms with Crippen LogP contribution < -0.4 is 17.2 Å². The molecule has 0 spiro atoms. The molecule has 0 heterocycles. The molecule has 0 aliphatic heterocycles. The van der Waals surface area contributed by atoms with Crippen molar-refractivity contribution in [2.24, 2.45) is 22.2 Å². The first-order valence-electron chi connectivity index (χ1n) is 6.24. The van der Waals surface area contributed by atoms with E-state index in [0.29, 0.717) is 0 Å². The number of nitrogens with zero attached hydrogens (tertiary/aromatic N) is 1. The molecule has 0 rings (SSSR count). The maximum absolute atomic E-state index is 10.7. The minimum absolute atomic E-state index is 0.868. The average Bonchev–Trinajstić information content (AvgIpc) is 2.14. The first-order valence-corrected chi connectivity index (χ1v) is 2.74. The zero-order valence-electron chi connectivity index (χ0n) is 13.0. The summed E-state index contributed by atoms with van der Waals surface area (Å²) in [5.74, 6) is -3.03. The van der Waals surface area contributed by atoms with Crippen LogP contribution in [0, 0.1) is 0 Å². The number of hydrogen-bond acceptors (Lipinski definition) is 3. The summed E-state index contributed by atoms with van der Waals surface area (Å²) in [5, 5.41) is 8.66. The van der Waals surface area contributed by atoms with Crippen molar-refractivity contribution in [1.29, 1.82) is 0 Å². The van der Waals surface area contributed by atoms with E-state index < -0.39 is 37.2 Å². The average molecular weight is 191 g/mol. The van der Waals surface area contributed by atoms with Crippen molar-refractivity contribution in [3.8, 4) is 0 Å². The Morgan fingerprint density at radius 2 is 2.33 bits per heavy atom. The first-order chi connectivity index (χ1) is 8.11. The summed E-state index contributed by atoms with van der Waals surface area (Å²) < 4.78 is 51.4. The summed E-state index contributed by atoms with van der Waals surface area (Å²) in [4.78, 5) is 13.6. The van der Waals surface area contributed by atoms with Crippen molar-refractivity contribution in [3.63, 3.8) is 0 Å². The van der Waals surface area contributed by atoms with Crippen LogP contribution in [0.15, 0.2) is 4.99 Å². The molecule has 1 atom stereocenters. The Kier molecular flexibility index (Phi) is 1.61. The largest absolute Gasteiger partial charge is 0.480 e. The standard InChI is InChI=1S/C6H14N4O2/c7-4(5(11)12)2-1-3-10-6(8)9/h4H,1-3,7H2,(H,11,12)(H4,8,9,10)/i1+1D2,2+1D2,3+1D2,4+1D,5+1,6+1,7+1,8+1,9+1,10+1. The highest BCUT2D eigenvalue weighted by Gasteiger charge is 2.09. The maximum atomic E-state index is 10.7. The van der Waals surface area contributed by atoms with Gasteiger partial charge in [0, 0.05) is 12.0 Å². The number of guanidine groups is 1. The third-order valence-corrected chi connectivity index (χ3v) is 0.668. The monoisotopic (exact) mass is 191 g/mol. The third kappa shape index (κ3) is 5.48. The predicted octanol–water partition coefficient (Wildman–Crippen LogP) is -1.55. The topological polar surface area (TPSA) is 128 Å². The van der Waals surface area contributed by atoms with E-state index in [0.717, 1.165) is 0 Å². The molecule has 7 N–H and O–H groups in total. The smallest absolute Gasteiger partial charge is 0.320 e. The molecule has 0 bridgehead atoms. The molecular formula is C6H14N4O2. The van der Waals surface area contributed by atoms with E-state index in [4.69, 9.17) is 31.9 Å². The molecule has 0 aliphatic carbocycles. The fourth-order valence-corrected chi connectivity index (χ4v) is 0.241. The lowest BCUT2D eigenvalue weighted by atomic mass is 11.1. The van der Waals surface area contributed by atoms with Crippen molar-refractivity contribution in [2.75, 3.05) is 6.50 Å². The number of hydrogen-bond donors (Lipinski definition) is 4. The van der Waals surface area contributed by atoms with Crippen molar-refractivity contribution >= 4 is 11.9 Å². The number of carboxylic acids is 1. The zero-order valence-corrected chi connectivity index (χ0v) is 6.03. The van der Waals surface area contributed by atoms with Crippen LogP contribution in [0.4, 0.5) is 0 Å². The number of carbonyl (C=O) groups is 1. The number of rotatable bonds is 5. The molecule has 0 aliphatic rings. The van der Waals surface area contributed by atoms with Crippen LogP contribution in [0.25, 0.3) is 0 Å². The highest BCUT2D eigenvalue weighted by atomic mass is 16.5. The normalized spacial score (nSPS) is 26.9. The van der Waals surface area contributed by atoms with Gasteiger partial charge in [-0.25, -0.2) is 0 Å². The van der Waals surface area contributed by atoms with Crippen molar-refractivity contribution in [2.45, 2.75) is 18.8 Å². The molecule has 0 radical (unpaired) electrons. The Morgan fingerprint density at radius 1 is 1.75 bits per heavy atom. The highest BCUT2D eigenvalue weighted by molar-refractivity contribution is 5.75. The van der Waals surface area contributed by atoms with Crippen LogP contribution >= 0.6 is 0 Å². The molecule has 0 amide bonds. The summed E-state index contributed by atoms with van der Waals surface area (Å²) in [5.41, 5.74) is 14.7.